The Morgan fingerprint density at radius 2 is 2.25 bits per heavy atom. The minimum atomic E-state index is 0.0972. The van der Waals surface area contributed by atoms with E-state index in [-0.39, 0.29) is 6.61 Å². The molecule has 12 heavy (non-hydrogen) atoms. The molecule has 0 radical (unpaired) electrons. The van der Waals surface area contributed by atoms with Crippen LogP contribution in [0.15, 0.2) is 24.4 Å². The van der Waals surface area contributed by atoms with E-state index in [4.69, 9.17) is 5.11 Å². The number of fused-ring (bicyclic) bond motifs is 1. The topological polar surface area (TPSA) is 36.0 Å². The first kappa shape index (κ1) is 8.07. The highest BCUT2D eigenvalue weighted by Crippen LogP contribution is 2.23. The van der Waals surface area contributed by atoms with Crippen LogP contribution in [-0.2, 0) is 6.61 Å². The maximum Gasteiger partial charge on any atom is 0.0703 e. The number of hydrogen-bond acceptors (Lipinski definition) is 1. The summed E-state index contributed by atoms with van der Waals surface area (Å²) in [6.07, 6.45) is 1.85. The second-order valence-corrected chi connectivity index (χ2v) is 3.80. The van der Waals surface area contributed by atoms with Gasteiger partial charge in [-0.1, -0.05) is 6.07 Å². The van der Waals surface area contributed by atoms with E-state index >= 15 is 0 Å². The third kappa shape index (κ3) is 1.13. The molecule has 0 aliphatic heterocycles. The summed E-state index contributed by atoms with van der Waals surface area (Å²) < 4.78 is 1.18. The van der Waals surface area contributed by atoms with Gasteiger partial charge in [-0.25, -0.2) is 0 Å². The molecule has 0 aliphatic rings. The lowest BCUT2D eigenvalue weighted by Gasteiger charge is -1.95. The number of aliphatic hydroxyl groups is 1. The molecule has 2 nitrogen and oxygen atoms in total. The number of halogens is 1. The summed E-state index contributed by atoms with van der Waals surface area (Å²) in [5, 5.41) is 10.2. The van der Waals surface area contributed by atoms with E-state index in [9.17, 15) is 0 Å². The first-order chi connectivity index (χ1) is 5.83. The van der Waals surface area contributed by atoms with Gasteiger partial charge in [-0.2, -0.15) is 0 Å². The Labute approximate surface area is 83.7 Å². The van der Waals surface area contributed by atoms with Gasteiger partial charge < -0.3 is 10.1 Å². The smallest absolute Gasteiger partial charge is 0.0703 e. The molecule has 0 fully saturated rings. The lowest BCUT2D eigenvalue weighted by atomic mass is 10.2. The normalized spacial score (nSPS) is 10.8. The molecule has 0 saturated heterocycles. The van der Waals surface area contributed by atoms with Crippen LogP contribution in [-0.4, -0.2) is 10.1 Å². The van der Waals surface area contributed by atoms with Crippen LogP contribution in [0.4, 0.5) is 0 Å². The van der Waals surface area contributed by atoms with E-state index in [1.54, 1.807) is 0 Å². The predicted molar refractivity (Wildman–Crippen MR) is 56.9 cm³/mol. The third-order valence-corrected chi connectivity index (χ3v) is 2.81. The van der Waals surface area contributed by atoms with E-state index < -0.39 is 0 Å². The highest BCUT2D eigenvalue weighted by atomic mass is 127. The van der Waals surface area contributed by atoms with Crippen molar-refractivity contribution in [1.29, 1.82) is 0 Å². The van der Waals surface area contributed by atoms with Crippen molar-refractivity contribution in [1.82, 2.24) is 4.98 Å². The van der Waals surface area contributed by atoms with E-state index in [1.807, 2.05) is 24.4 Å². The fourth-order valence-electron chi connectivity index (χ4n) is 1.33. The Morgan fingerprint density at radius 3 is 3.00 bits per heavy atom. The molecule has 0 amide bonds. The van der Waals surface area contributed by atoms with Crippen molar-refractivity contribution in [3.63, 3.8) is 0 Å². The second-order valence-electron chi connectivity index (χ2n) is 2.63. The van der Waals surface area contributed by atoms with Crippen molar-refractivity contribution in [2.45, 2.75) is 6.61 Å². The summed E-state index contributed by atoms with van der Waals surface area (Å²) in [7, 11) is 0. The van der Waals surface area contributed by atoms with E-state index in [1.165, 1.54) is 3.57 Å². The fourth-order valence-corrected chi connectivity index (χ4v) is 2.18. The second kappa shape index (κ2) is 3.06. The van der Waals surface area contributed by atoms with Gasteiger partial charge in [0.1, 0.15) is 0 Å². The van der Waals surface area contributed by atoms with Gasteiger partial charge in [-0.15, -0.1) is 0 Å². The average Bonchev–Trinajstić information content (AvgIpc) is 2.49. The zero-order valence-corrected chi connectivity index (χ0v) is 8.50. The minimum absolute atomic E-state index is 0.0972. The lowest BCUT2D eigenvalue weighted by molar-refractivity contribution is 0.283. The average molecular weight is 273 g/mol. The maximum atomic E-state index is 9.03. The molecule has 2 N–H and O–H groups in total. The highest BCUT2D eigenvalue weighted by molar-refractivity contribution is 14.1. The molecule has 62 valence electrons. The van der Waals surface area contributed by atoms with Gasteiger partial charge >= 0.3 is 0 Å². The zero-order chi connectivity index (χ0) is 8.55. The molecule has 0 unspecified atom stereocenters. The minimum Gasteiger partial charge on any atom is -0.392 e. The molecule has 1 heterocycles. The molecular weight excluding hydrogens is 265 g/mol. The maximum absolute atomic E-state index is 9.03. The Kier molecular flexibility index (Phi) is 2.06. The number of benzene rings is 1. The fraction of sp³-hybridized carbons (Fsp3) is 0.111. The van der Waals surface area contributed by atoms with Crippen molar-refractivity contribution < 1.29 is 5.11 Å². The molecular formula is C9H8INO. The first-order valence-corrected chi connectivity index (χ1v) is 4.76. The van der Waals surface area contributed by atoms with Gasteiger partial charge in [-0.05, 0) is 34.7 Å². The number of rotatable bonds is 1. The van der Waals surface area contributed by atoms with Crippen molar-refractivity contribution >= 4 is 33.5 Å². The van der Waals surface area contributed by atoms with Gasteiger partial charge in [0.2, 0.25) is 0 Å². The summed E-state index contributed by atoms with van der Waals surface area (Å²) in [5.41, 5.74) is 2.06. The molecule has 0 bridgehead atoms. The van der Waals surface area contributed by atoms with Gasteiger partial charge in [-0.3, -0.25) is 0 Å². The highest BCUT2D eigenvalue weighted by Gasteiger charge is 2.04. The largest absolute Gasteiger partial charge is 0.392 e. The summed E-state index contributed by atoms with van der Waals surface area (Å²) in [6.45, 7) is 0.0972. The molecule has 3 heteroatoms. The van der Waals surface area contributed by atoms with Crippen LogP contribution in [0.1, 0.15) is 5.56 Å². The van der Waals surface area contributed by atoms with E-state index in [0.717, 1.165) is 16.5 Å². The number of nitrogens with one attached hydrogen (secondary N) is 1. The van der Waals surface area contributed by atoms with Crippen LogP contribution in [0.25, 0.3) is 10.9 Å². The monoisotopic (exact) mass is 273 g/mol. The summed E-state index contributed by atoms with van der Waals surface area (Å²) in [6, 6.07) is 6.05. The SMILES string of the molecule is OCc1c[nH]c2cccc(I)c12. The van der Waals surface area contributed by atoms with Crippen LogP contribution >= 0.6 is 22.6 Å². The molecule has 2 aromatic rings. The number of aliphatic hydroxyl groups excluding tert-OH is 1. The summed E-state index contributed by atoms with van der Waals surface area (Å²) in [4.78, 5) is 3.12. The molecule has 1 aromatic heterocycles. The van der Waals surface area contributed by atoms with Gasteiger partial charge in [0.05, 0.1) is 6.61 Å². The molecule has 0 spiro atoms. The number of hydrogen-bond donors (Lipinski definition) is 2. The molecule has 0 saturated carbocycles. The number of H-pyrrole nitrogens is 1. The van der Waals surface area contributed by atoms with Crippen LogP contribution in [0.2, 0.25) is 0 Å². The molecule has 2 rings (SSSR count). The van der Waals surface area contributed by atoms with Gasteiger partial charge in [0, 0.05) is 26.2 Å². The number of aromatic amines is 1. The summed E-state index contributed by atoms with van der Waals surface area (Å²) >= 11 is 2.27. The third-order valence-electron chi connectivity index (χ3n) is 1.91. The van der Waals surface area contributed by atoms with Crippen LogP contribution in [0.5, 0.6) is 0 Å². The van der Waals surface area contributed by atoms with Crippen molar-refractivity contribution in [3.05, 3.63) is 33.5 Å². The first-order valence-electron chi connectivity index (χ1n) is 3.68. The van der Waals surface area contributed by atoms with Crippen LogP contribution in [0, 0.1) is 3.57 Å². The molecule has 0 atom stereocenters. The van der Waals surface area contributed by atoms with Crippen molar-refractivity contribution in [2.75, 3.05) is 0 Å². The number of aromatic nitrogens is 1. The zero-order valence-electron chi connectivity index (χ0n) is 6.34. The Bertz CT molecular complexity index is 408. The quantitative estimate of drug-likeness (QED) is 0.768. The van der Waals surface area contributed by atoms with Gasteiger partial charge in [0.15, 0.2) is 0 Å². The van der Waals surface area contributed by atoms with Crippen LogP contribution in [0.3, 0.4) is 0 Å². The lowest BCUT2D eigenvalue weighted by Crippen LogP contribution is -1.81. The standard InChI is InChI=1S/C9H8INO/c10-7-2-1-3-8-9(7)6(5-12)4-11-8/h1-4,11-12H,5H2. The van der Waals surface area contributed by atoms with E-state index in [0.29, 0.717) is 0 Å². The van der Waals surface area contributed by atoms with Crippen molar-refractivity contribution in [3.8, 4) is 0 Å². The Hall–Kier alpha value is -0.550. The Balaban J connectivity index is 2.83. The van der Waals surface area contributed by atoms with Crippen molar-refractivity contribution in [2.24, 2.45) is 0 Å². The van der Waals surface area contributed by atoms with E-state index in [2.05, 4.69) is 27.6 Å². The predicted octanol–water partition coefficient (Wildman–Crippen LogP) is 2.26. The Morgan fingerprint density at radius 1 is 1.42 bits per heavy atom. The summed E-state index contributed by atoms with van der Waals surface area (Å²) in [5.74, 6) is 0. The molecule has 1 aromatic carbocycles. The van der Waals surface area contributed by atoms with Crippen LogP contribution < -0.4 is 0 Å². The molecule has 0 aliphatic carbocycles. The van der Waals surface area contributed by atoms with Gasteiger partial charge in [0.25, 0.3) is 0 Å².